The molecule has 1 saturated carbocycles. The van der Waals surface area contributed by atoms with Crippen LogP contribution in [0.3, 0.4) is 0 Å². The van der Waals surface area contributed by atoms with E-state index in [-0.39, 0.29) is 17.1 Å². The van der Waals surface area contributed by atoms with Gasteiger partial charge in [-0.1, -0.05) is 19.8 Å². The standard InChI is InChI=1S/C11H20O4S/c1-8(11(12)13)6-9-4-3-5-10(7-9)16(2,14)15/h8-10H,3-7H2,1-2H3,(H,12,13). The third-order valence-electron chi connectivity index (χ3n) is 3.45. The summed E-state index contributed by atoms with van der Waals surface area (Å²) in [6.07, 6.45) is 5.10. The Bertz CT molecular complexity index is 347. The van der Waals surface area contributed by atoms with E-state index in [1.807, 2.05) is 0 Å². The fourth-order valence-corrected chi connectivity index (χ4v) is 3.66. The van der Waals surface area contributed by atoms with Crippen molar-refractivity contribution in [3.8, 4) is 0 Å². The highest BCUT2D eigenvalue weighted by atomic mass is 32.2. The number of carbonyl (C=O) groups is 1. The predicted molar refractivity (Wildman–Crippen MR) is 62.0 cm³/mol. The van der Waals surface area contributed by atoms with Gasteiger partial charge >= 0.3 is 5.97 Å². The highest BCUT2D eigenvalue weighted by Crippen LogP contribution is 2.32. The summed E-state index contributed by atoms with van der Waals surface area (Å²) >= 11 is 0. The average molecular weight is 248 g/mol. The molecule has 0 aromatic rings. The zero-order valence-electron chi connectivity index (χ0n) is 9.85. The maximum Gasteiger partial charge on any atom is 0.306 e. The van der Waals surface area contributed by atoms with E-state index in [4.69, 9.17) is 5.11 Å². The third-order valence-corrected chi connectivity index (χ3v) is 5.09. The summed E-state index contributed by atoms with van der Waals surface area (Å²) < 4.78 is 22.9. The minimum atomic E-state index is -2.96. The van der Waals surface area contributed by atoms with Crippen LogP contribution in [0, 0.1) is 11.8 Å². The van der Waals surface area contributed by atoms with Crippen LogP contribution in [0.4, 0.5) is 0 Å². The minimum absolute atomic E-state index is 0.250. The fourth-order valence-electron chi connectivity index (χ4n) is 2.45. The van der Waals surface area contributed by atoms with Gasteiger partial charge in [-0.25, -0.2) is 8.42 Å². The lowest BCUT2D eigenvalue weighted by Gasteiger charge is -2.28. The average Bonchev–Trinajstić information content (AvgIpc) is 2.16. The van der Waals surface area contributed by atoms with Crippen LogP contribution < -0.4 is 0 Å². The van der Waals surface area contributed by atoms with Crippen LogP contribution in [0.15, 0.2) is 0 Å². The summed E-state index contributed by atoms with van der Waals surface area (Å²) in [5.41, 5.74) is 0. The van der Waals surface area contributed by atoms with E-state index in [1.54, 1.807) is 6.92 Å². The van der Waals surface area contributed by atoms with Crippen molar-refractivity contribution < 1.29 is 18.3 Å². The Morgan fingerprint density at radius 1 is 1.44 bits per heavy atom. The minimum Gasteiger partial charge on any atom is -0.481 e. The van der Waals surface area contributed by atoms with Crippen molar-refractivity contribution in [3.63, 3.8) is 0 Å². The fraction of sp³-hybridized carbons (Fsp3) is 0.909. The van der Waals surface area contributed by atoms with Gasteiger partial charge in [-0.15, -0.1) is 0 Å². The van der Waals surface area contributed by atoms with Gasteiger partial charge in [0.05, 0.1) is 11.2 Å². The number of aliphatic carboxylic acids is 1. The van der Waals surface area contributed by atoms with E-state index in [2.05, 4.69) is 0 Å². The monoisotopic (exact) mass is 248 g/mol. The molecule has 3 unspecified atom stereocenters. The van der Waals surface area contributed by atoms with Crippen LogP contribution in [0.2, 0.25) is 0 Å². The Labute approximate surface area is 97.0 Å². The summed E-state index contributed by atoms with van der Waals surface area (Å²) in [6, 6.07) is 0. The lowest BCUT2D eigenvalue weighted by atomic mass is 9.83. The first kappa shape index (κ1) is 13.5. The van der Waals surface area contributed by atoms with Gasteiger partial charge < -0.3 is 5.11 Å². The van der Waals surface area contributed by atoms with Crippen molar-refractivity contribution in [2.24, 2.45) is 11.8 Å². The van der Waals surface area contributed by atoms with Gasteiger partial charge in [0.15, 0.2) is 0 Å². The molecule has 0 radical (unpaired) electrons. The number of carboxylic acid groups (broad SMARTS) is 1. The molecule has 0 amide bonds. The molecule has 0 aromatic carbocycles. The van der Waals surface area contributed by atoms with Crippen LogP contribution in [-0.4, -0.2) is 31.0 Å². The van der Waals surface area contributed by atoms with Crippen molar-refractivity contribution in [1.29, 1.82) is 0 Å². The molecule has 0 spiro atoms. The van der Waals surface area contributed by atoms with Crippen molar-refractivity contribution in [3.05, 3.63) is 0 Å². The van der Waals surface area contributed by atoms with Crippen LogP contribution >= 0.6 is 0 Å². The first-order valence-corrected chi connectivity index (χ1v) is 7.68. The zero-order valence-corrected chi connectivity index (χ0v) is 10.7. The predicted octanol–water partition coefficient (Wildman–Crippen LogP) is 1.70. The molecule has 1 fully saturated rings. The number of sulfone groups is 1. The van der Waals surface area contributed by atoms with Gasteiger partial charge in [0.1, 0.15) is 9.84 Å². The van der Waals surface area contributed by atoms with E-state index in [1.165, 1.54) is 6.26 Å². The van der Waals surface area contributed by atoms with Gasteiger partial charge in [-0.3, -0.25) is 4.79 Å². The Balaban J connectivity index is 2.55. The first-order chi connectivity index (χ1) is 7.30. The molecule has 1 aliphatic carbocycles. The van der Waals surface area contributed by atoms with Crippen LogP contribution in [0.5, 0.6) is 0 Å². The highest BCUT2D eigenvalue weighted by Gasteiger charge is 2.30. The second-order valence-corrected chi connectivity index (χ2v) is 7.28. The molecule has 0 heterocycles. The van der Waals surface area contributed by atoms with Crippen LogP contribution in [0.25, 0.3) is 0 Å². The molecule has 0 aliphatic heterocycles. The highest BCUT2D eigenvalue weighted by molar-refractivity contribution is 7.91. The summed E-state index contributed by atoms with van der Waals surface area (Å²) in [7, 11) is -2.96. The van der Waals surface area contributed by atoms with Gasteiger partial charge in [-0.2, -0.15) is 0 Å². The van der Waals surface area contributed by atoms with E-state index >= 15 is 0 Å². The number of hydrogen-bond acceptors (Lipinski definition) is 3. The van der Waals surface area contributed by atoms with Crippen molar-refractivity contribution in [1.82, 2.24) is 0 Å². The van der Waals surface area contributed by atoms with E-state index in [0.717, 1.165) is 19.3 Å². The van der Waals surface area contributed by atoms with Gasteiger partial charge in [0.2, 0.25) is 0 Å². The molecule has 94 valence electrons. The van der Waals surface area contributed by atoms with Gasteiger partial charge in [-0.05, 0) is 25.2 Å². The summed E-state index contributed by atoms with van der Waals surface area (Å²) in [5.74, 6) is -0.913. The normalized spacial score (nSPS) is 28.6. The summed E-state index contributed by atoms with van der Waals surface area (Å²) in [5, 5.41) is 8.56. The lowest BCUT2D eigenvalue weighted by Crippen LogP contribution is -2.29. The second-order valence-electron chi connectivity index (χ2n) is 4.96. The molecule has 5 heteroatoms. The number of carboxylic acids is 1. The number of hydrogen-bond donors (Lipinski definition) is 1. The third kappa shape index (κ3) is 3.77. The smallest absolute Gasteiger partial charge is 0.306 e. The molecule has 1 N–H and O–H groups in total. The molecular formula is C11H20O4S. The largest absolute Gasteiger partial charge is 0.481 e. The van der Waals surface area contributed by atoms with E-state index < -0.39 is 15.8 Å². The maximum absolute atomic E-state index is 11.4. The first-order valence-electron chi connectivity index (χ1n) is 5.72. The quantitative estimate of drug-likeness (QED) is 0.822. The Kier molecular flexibility index (Phi) is 4.35. The Morgan fingerprint density at radius 3 is 2.56 bits per heavy atom. The molecule has 0 aromatic heterocycles. The zero-order chi connectivity index (χ0) is 12.3. The van der Waals surface area contributed by atoms with Crippen molar-refractivity contribution >= 4 is 15.8 Å². The summed E-state index contributed by atoms with van der Waals surface area (Å²) in [4.78, 5) is 10.7. The van der Waals surface area contributed by atoms with Gasteiger partial charge in [0, 0.05) is 6.26 Å². The Morgan fingerprint density at radius 2 is 2.06 bits per heavy atom. The lowest BCUT2D eigenvalue weighted by molar-refractivity contribution is -0.141. The van der Waals surface area contributed by atoms with Crippen LogP contribution in [-0.2, 0) is 14.6 Å². The molecule has 0 bridgehead atoms. The van der Waals surface area contributed by atoms with Crippen molar-refractivity contribution in [2.45, 2.75) is 44.3 Å². The topological polar surface area (TPSA) is 71.4 Å². The Hall–Kier alpha value is -0.580. The second kappa shape index (κ2) is 5.17. The molecule has 4 nitrogen and oxygen atoms in total. The molecule has 0 saturated heterocycles. The molecule has 16 heavy (non-hydrogen) atoms. The van der Waals surface area contributed by atoms with E-state index in [0.29, 0.717) is 12.8 Å². The van der Waals surface area contributed by atoms with Crippen molar-refractivity contribution in [2.75, 3.05) is 6.26 Å². The molecule has 1 rings (SSSR count). The number of rotatable bonds is 4. The maximum atomic E-state index is 11.4. The van der Waals surface area contributed by atoms with Crippen LogP contribution in [0.1, 0.15) is 39.0 Å². The summed E-state index contributed by atoms with van der Waals surface area (Å²) in [6.45, 7) is 1.69. The molecule has 3 atom stereocenters. The van der Waals surface area contributed by atoms with E-state index in [9.17, 15) is 13.2 Å². The van der Waals surface area contributed by atoms with Gasteiger partial charge in [0.25, 0.3) is 0 Å². The molecule has 1 aliphatic rings. The SMILES string of the molecule is CC(CC1CCCC(S(C)(=O)=O)C1)C(=O)O. The molecular weight excluding hydrogens is 228 g/mol.